The Morgan fingerprint density at radius 1 is 1.44 bits per heavy atom. The number of rotatable bonds is 5. The lowest BCUT2D eigenvalue weighted by Gasteiger charge is -2.03. The number of anilines is 1. The number of imide groups is 1. The molecule has 0 aliphatic carbocycles. The van der Waals surface area contributed by atoms with Crippen molar-refractivity contribution in [3.05, 3.63) is 11.8 Å². The van der Waals surface area contributed by atoms with Crippen molar-refractivity contribution >= 4 is 23.7 Å². The first-order valence-electron chi connectivity index (χ1n) is 4.81. The fourth-order valence-electron chi connectivity index (χ4n) is 0.967. The largest absolute Gasteiger partial charge is 0.480 e. The molecule has 0 bridgehead atoms. The van der Waals surface area contributed by atoms with E-state index in [1.165, 1.54) is 6.07 Å². The highest BCUT2D eigenvalue weighted by molar-refractivity contribution is 6.01. The van der Waals surface area contributed by atoms with Crippen LogP contribution in [-0.2, 0) is 14.3 Å². The average molecular weight is 257 g/mol. The number of aliphatic carboxylic acids is 1. The maximum Gasteiger partial charge on any atom is 0.329 e. The van der Waals surface area contributed by atoms with Crippen molar-refractivity contribution in [2.75, 3.05) is 18.5 Å². The van der Waals surface area contributed by atoms with Gasteiger partial charge in [-0.25, -0.2) is 9.59 Å². The molecule has 9 heteroatoms. The number of aromatic nitrogens is 1. The molecule has 0 fully saturated rings. The van der Waals surface area contributed by atoms with Crippen molar-refractivity contribution in [1.82, 2.24) is 10.5 Å². The third-order valence-corrected chi connectivity index (χ3v) is 1.58. The van der Waals surface area contributed by atoms with Crippen LogP contribution in [-0.4, -0.2) is 41.4 Å². The molecule has 1 rings (SSSR count). The zero-order valence-corrected chi connectivity index (χ0v) is 9.43. The number of nitrogens with one attached hydrogen (secondary N) is 2. The molecule has 0 aromatic carbocycles. The second-order valence-electron chi connectivity index (χ2n) is 3.21. The fraction of sp³-hybridized carbons (Fsp3) is 0.333. The highest BCUT2D eigenvalue weighted by atomic mass is 16.5. The van der Waals surface area contributed by atoms with Gasteiger partial charge in [-0.1, -0.05) is 5.16 Å². The highest BCUT2D eigenvalue weighted by Crippen LogP contribution is 2.06. The molecule has 0 unspecified atom stereocenters. The van der Waals surface area contributed by atoms with Crippen LogP contribution in [0.5, 0.6) is 0 Å². The molecule has 1 aromatic rings. The summed E-state index contributed by atoms with van der Waals surface area (Å²) in [5.41, 5.74) is 0. The van der Waals surface area contributed by atoms with Gasteiger partial charge in [0, 0.05) is 6.07 Å². The number of urea groups is 1. The molecule has 0 saturated heterocycles. The summed E-state index contributed by atoms with van der Waals surface area (Å²) in [6.45, 7) is 0.496. The molecule has 3 amide bonds. The normalized spacial score (nSPS) is 9.83. The van der Waals surface area contributed by atoms with Gasteiger partial charge in [0.2, 0.25) is 0 Å². The van der Waals surface area contributed by atoms with Crippen LogP contribution in [0.2, 0.25) is 0 Å². The van der Waals surface area contributed by atoms with Gasteiger partial charge in [0.05, 0.1) is 0 Å². The van der Waals surface area contributed by atoms with Crippen molar-refractivity contribution in [3.63, 3.8) is 0 Å². The average Bonchev–Trinajstić information content (AvgIpc) is 2.62. The maximum absolute atomic E-state index is 11.2. The molecule has 0 spiro atoms. The Morgan fingerprint density at radius 3 is 2.72 bits per heavy atom. The Bertz CT molecular complexity index is 455. The monoisotopic (exact) mass is 257 g/mol. The number of carboxylic acid groups (broad SMARTS) is 1. The smallest absolute Gasteiger partial charge is 0.329 e. The van der Waals surface area contributed by atoms with E-state index in [-0.39, 0.29) is 5.82 Å². The molecule has 0 radical (unpaired) electrons. The fourth-order valence-corrected chi connectivity index (χ4v) is 0.967. The molecule has 0 saturated carbocycles. The maximum atomic E-state index is 11.2. The summed E-state index contributed by atoms with van der Waals surface area (Å²) in [4.78, 5) is 32.4. The number of ether oxygens (including phenoxy) is 1. The molecule has 1 aromatic heterocycles. The second kappa shape index (κ2) is 6.35. The Labute approximate surface area is 101 Å². The summed E-state index contributed by atoms with van der Waals surface area (Å²) < 4.78 is 9.18. The van der Waals surface area contributed by atoms with E-state index in [2.05, 4.69) is 15.2 Å². The van der Waals surface area contributed by atoms with E-state index in [0.29, 0.717) is 5.76 Å². The van der Waals surface area contributed by atoms with Crippen LogP contribution in [0.4, 0.5) is 10.6 Å². The number of carbonyl (C=O) groups excluding carboxylic acids is 2. The number of amides is 3. The van der Waals surface area contributed by atoms with Crippen LogP contribution in [0.25, 0.3) is 0 Å². The van der Waals surface area contributed by atoms with E-state index < -0.39 is 31.1 Å². The summed E-state index contributed by atoms with van der Waals surface area (Å²) in [6.07, 6.45) is 0. The molecule has 0 aliphatic rings. The number of nitrogens with zero attached hydrogens (tertiary/aromatic N) is 1. The van der Waals surface area contributed by atoms with E-state index in [1.807, 2.05) is 5.32 Å². The Hall–Kier alpha value is -2.42. The minimum atomic E-state index is -1.20. The van der Waals surface area contributed by atoms with E-state index in [9.17, 15) is 14.4 Å². The van der Waals surface area contributed by atoms with Crippen LogP contribution in [0.1, 0.15) is 5.76 Å². The quantitative estimate of drug-likeness (QED) is 0.661. The standard InChI is InChI=1S/C9H11N3O6/c1-5-2-6(12-18-5)10-9(16)11-7(13)3-17-4-8(14)15/h2H,3-4H2,1H3,(H,14,15)(H2,10,11,12,13,16). The Morgan fingerprint density at radius 2 is 2.17 bits per heavy atom. The molecule has 9 nitrogen and oxygen atoms in total. The van der Waals surface area contributed by atoms with E-state index in [4.69, 9.17) is 9.63 Å². The molecular weight excluding hydrogens is 246 g/mol. The molecular formula is C9H11N3O6. The molecule has 1 heterocycles. The topological polar surface area (TPSA) is 131 Å². The Kier molecular flexibility index (Phi) is 4.81. The molecule has 18 heavy (non-hydrogen) atoms. The summed E-state index contributed by atoms with van der Waals surface area (Å²) >= 11 is 0. The van der Waals surface area contributed by atoms with Gasteiger partial charge in [0.1, 0.15) is 19.0 Å². The third-order valence-electron chi connectivity index (χ3n) is 1.58. The predicted molar refractivity (Wildman–Crippen MR) is 56.9 cm³/mol. The van der Waals surface area contributed by atoms with Gasteiger partial charge < -0.3 is 14.4 Å². The molecule has 98 valence electrons. The minimum Gasteiger partial charge on any atom is -0.480 e. The molecule has 0 aliphatic heterocycles. The van der Waals surface area contributed by atoms with Gasteiger partial charge in [0.25, 0.3) is 5.91 Å². The van der Waals surface area contributed by atoms with Gasteiger partial charge in [-0.15, -0.1) is 0 Å². The summed E-state index contributed by atoms with van der Waals surface area (Å²) in [7, 11) is 0. The number of hydrogen-bond donors (Lipinski definition) is 3. The molecule has 3 N–H and O–H groups in total. The van der Waals surface area contributed by atoms with Crippen LogP contribution >= 0.6 is 0 Å². The lowest BCUT2D eigenvalue weighted by Crippen LogP contribution is -2.37. The minimum absolute atomic E-state index is 0.157. The zero-order chi connectivity index (χ0) is 13.5. The predicted octanol–water partition coefficient (Wildman–Crippen LogP) is -0.268. The summed E-state index contributed by atoms with van der Waals surface area (Å²) in [5, 5.41) is 15.9. The summed E-state index contributed by atoms with van der Waals surface area (Å²) in [6, 6.07) is 0.651. The van der Waals surface area contributed by atoms with Crippen molar-refractivity contribution in [2.24, 2.45) is 0 Å². The number of hydrogen-bond acceptors (Lipinski definition) is 6. The van der Waals surface area contributed by atoms with Gasteiger partial charge >= 0.3 is 12.0 Å². The molecule has 0 atom stereocenters. The van der Waals surface area contributed by atoms with Crippen LogP contribution < -0.4 is 10.6 Å². The van der Waals surface area contributed by atoms with Crippen LogP contribution in [0, 0.1) is 6.92 Å². The van der Waals surface area contributed by atoms with Crippen LogP contribution in [0.3, 0.4) is 0 Å². The lowest BCUT2D eigenvalue weighted by atomic mass is 10.5. The van der Waals surface area contributed by atoms with Gasteiger partial charge in [-0.2, -0.15) is 0 Å². The van der Waals surface area contributed by atoms with E-state index in [1.54, 1.807) is 6.92 Å². The number of carbonyl (C=O) groups is 3. The SMILES string of the molecule is Cc1cc(NC(=O)NC(=O)COCC(=O)O)no1. The van der Waals surface area contributed by atoms with Gasteiger partial charge in [0.15, 0.2) is 5.82 Å². The summed E-state index contributed by atoms with van der Waals surface area (Å²) in [5.74, 6) is -1.31. The third kappa shape index (κ3) is 5.07. The van der Waals surface area contributed by atoms with Crippen molar-refractivity contribution in [3.8, 4) is 0 Å². The first kappa shape index (κ1) is 13.6. The Balaban J connectivity index is 2.27. The number of carboxylic acids is 1. The van der Waals surface area contributed by atoms with Gasteiger partial charge in [-0.05, 0) is 6.92 Å². The first-order valence-corrected chi connectivity index (χ1v) is 4.81. The zero-order valence-electron chi connectivity index (χ0n) is 9.43. The number of aryl methyl sites for hydroxylation is 1. The van der Waals surface area contributed by atoms with Crippen LogP contribution in [0.15, 0.2) is 10.6 Å². The second-order valence-corrected chi connectivity index (χ2v) is 3.21. The van der Waals surface area contributed by atoms with Gasteiger partial charge in [-0.3, -0.25) is 15.4 Å². The van der Waals surface area contributed by atoms with Crippen molar-refractivity contribution in [2.45, 2.75) is 6.92 Å². The van der Waals surface area contributed by atoms with Crippen molar-refractivity contribution < 1.29 is 28.8 Å². The highest BCUT2D eigenvalue weighted by Gasteiger charge is 2.10. The lowest BCUT2D eigenvalue weighted by molar-refractivity contribution is -0.143. The van der Waals surface area contributed by atoms with E-state index >= 15 is 0 Å². The van der Waals surface area contributed by atoms with E-state index in [0.717, 1.165) is 0 Å². The van der Waals surface area contributed by atoms with Crippen molar-refractivity contribution in [1.29, 1.82) is 0 Å². The first-order chi connectivity index (χ1) is 8.47.